The minimum absolute atomic E-state index is 0. The third-order valence-electron chi connectivity index (χ3n) is 3.50. The van der Waals surface area contributed by atoms with Gasteiger partial charge in [-0.2, -0.15) is 0 Å². The van der Waals surface area contributed by atoms with Crippen LogP contribution in [0.2, 0.25) is 0 Å². The minimum atomic E-state index is -0.0890. The van der Waals surface area contributed by atoms with E-state index in [0.717, 1.165) is 6.54 Å². The molecule has 1 aliphatic heterocycles. The number of rotatable bonds is 2. The highest BCUT2D eigenvalue weighted by molar-refractivity contribution is 5.85. The molecule has 1 unspecified atom stereocenters. The summed E-state index contributed by atoms with van der Waals surface area (Å²) in [6.07, 6.45) is 5.77. The molecule has 1 aliphatic carbocycles. The first kappa shape index (κ1) is 11.8. The second kappa shape index (κ2) is 4.49. The number of nitrogens with one attached hydrogen (secondary N) is 1. The molecule has 1 N–H and O–H groups in total. The van der Waals surface area contributed by atoms with E-state index in [1.165, 1.54) is 32.8 Å². The summed E-state index contributed by atoms with van der Waals surface area (Å²) in [5, 5.41) is 3.41. The van der Waals surface area contributed by atoms with E-state index in [0.29, 0.717) is 17.9 Å². The Morgan fingerprint density at radius 1 is 1.57 bits per heavy atom. The van der Waals surface area contributed by atoms with Crippen LogP contribution in [0.5, 0.6) is 0 Å². The zero-order chi connectivity index (χ0) is 9.31. The molecular weight excluding hydrogens is 202 g/mol. The lowest BCUT2D eigenvalue weighted by atomic mass is 9.67. The third-order valence-corrected chi connectivity index (χ3v) is 3.50. The third kappa shape index (κ3) is 2.20. The smallest absolute Gasteiger partial charge is 0.307 e. The molecule has 1 spiro atoms. The number of carbonyl (C=O) groups is 1. The molecule has 1 heterocycles. The quantitative estimate of drug-likeness (QED) is 0.716. The molecule has 2 fully saturated rings. The average molecular weight is 220 g/mol. The second-order valence-electron chi connectivity index (χ2n) is 4.42. The maximum Gasteiger partial charge on any atom is 0.307 e. The zero-order valence-corrected chi connectivity index (χ0v) is 9.36. The predicted octanol–water partition coefficient (Wildman–Crippen LogP) is 1.50. The molecule has 1 saturated carbocycles. The fourth-order valence-corrected chi connectivity index (χ4v) is 2.51. The number of methoxy groups -OCH3 is 1. The number of hydrogen-bond acceptors (Lipinski definition) is 3. The molecule has 1 saturated heterocycles. The van der Waals surface area contributed by atoms with E-state index >= 15 is 0 Å². The van der Waals surface area contributed by atoms with Gasteiger partial charge in [-0.25, -0.2) is 0 Å². The highest BCUT2D eigenvalue weighted by Crippen LogP contribution is 2.47. The Balaban J connectivity index is 0.000000980. The van der Waals surface area contributed by atoms with Crippen molar-refractivity contribution in [2.45, 2.75) is 38.1 Å². The van der Waals surface area contributed by atoms with Crippen molar-refractivity contribution in [3.05, 3.63) is 0 Å². The molecule has 0 aromatic rings. The molecule has 14 heavy (non-hydrogen) atoms. The topological polar surface area (TPSA) is 38.3 Å². The molecule has 2 rings (SSSR count). The van der Waals surface area contributed by atoms with Crippen LogP contribution in [0, 0.1) is 5.41 Å². The largest absolute Gasteiger partial charge is 0.469 e. The van der Waals surface area contributed by atoms with Crippen molar-refractivity contribution in [3.8, 4) is 0 Å². The van der Waals surface area contributed by atoms with Crippen molar-refractivity contribution in [1.82, 2.24) is 5.32 Å². The fourth-order valence-electron chi connectivity index (χ4n) is 2.51. The standard InChI is InChI=1S/C10H17NO2.ClH/c1-13-9(12)5-8-6-10(7-11-8)3-2-4-10;/h8,11H,2-7H2,1H3;1H. The number of halogens is 1. The molecule has 4 heteroatoms. The molecule has 82 valence electrons. The van der Waals surface area contributed by atoms with E-state index in [-0.39, 0.29) is 18.4 Å². The Morgan fingerprint density at radius 2 is 2.29 bits per heavy atom. The van der Waals surface area contributed by atoms with Crippen LogP contribution in [0.1, 0.15) is 32.1 Å². The van der Waals surface area contributed by atoms with Crippen molar-refractivity contribution in [3.63, 3.8) is 0 Å². The molecule has 2 aliphatic rings. The predicted molar refractivity (Wildman–Crippen MR) is 56.6 cm³/mol. The van der Waals surface area contributed by atoms with E-state index in [2.05, 4.69) is 10.1 Å². The number of ether oxygens (including phenoxy) is 1. The van der Waals surface area contributed by atoms with E-state index in [9.17, 15) is 4.79 Å². The van der Waals surface area contributed by atoms with Gasteiger partial charge in [0.15, 0.2) is 0 Å². The lowest BCUT2D eigenvalue weighted by Gasteiger charge is -2.37. The Hall–Kier alpha value is -0.280. The van der Waals surface area contributed by atoms with Crippen LogP contribution in [0.15, 0.2) is 0 Å². The van der Waals surface area contributed by atoms with Crippen LogP contribution in [0.4, 0.5) is 0 Å². The van der Waals surface area contributed by atoms with E-state index < -0.39 is 0 Å². The number of esters is 1. The van der Waals surface area contributed by atoms with Gasteiger partial charge >= 0.3 is 5.97 Å². The molecular formula is C10H18ClNO2. The van der Waals surface area contributed by atoms with Gasteiger partial charge in [0.2, 0.25) is 0 Å². The number of carbonyl (C=O) groups excluding carboxylic acids is 1. The van der Waals surface area contributed by atoms with Gasteiger partial charge in [0.1, 0.15) is 0 Å². The van der Waals surface area contributed by atoms with E-state index in [1.54, 1.807) is 0 Å². The summed E-state index contributed by atoms with van der Waals surface area (Å²) in [6, 6.07) is 0.368. The van der Waals surface area contributed by atoms with Crippen LogP contribution < -0.4 is 5.32 Å². The van der Waals surface area contributed by atoms with E-state index in [4.69, 9.17) is 0 Å². The summed E-state index contributed by atoms with van der Waals surface area (Å²) in [7, 11) is 1.45. The number of hydrogen-bond donors (Lipinski definition) is 1. The van der Waals surface area contributed by atoms with Crippen LogP contribution in [-0.2, 0) is 9.53 Å². The Morgan fingerprint density at radius 3 is 2.71 bits per heavy atom. The van der Waals surface area contributed by atoms with Crippen LogP contribution in [0.25, 0.3) is 0 Å². The van der Waals surface area contributed by atoms with Crippen molar-refractivity contribution in [2.75, 3.05) is 13.7 Å². The first-order chi connectivity index (χ1) is 6.24. The molecule has 0 bridgehead atoms. The van der Waals surface area contributed by atoms with Crippen LogP contribution >= 0.6 is 12.4 Å². The average Bonchev–Trinajstić information content (AvgIpc) is 2.48. The Kier molecular flexibility index (Phi) is 3.78. The summed E-state index contributed by atoms with van der Waals surface area (Å²) in [6.45, 7) is 1.11. The highest BCUT2D eigenvalue weighted by Gasteiger charge is 2.43. The normalized spacial score (nSPS) is 27.9. The monoisotopic (exact) mass is 219 g/mol. The molecule has 0 radical (unpaired) electrons. The molecule has 1 atom stereocenters. The van der Waals surface area contributed by atoms with Gasteiger partial charge in [0.05, 0.1) is 13.5 Å². The van der Waals surface area contributed by atoms with Gasteiger partial charge in [0.25, 0.3) is 0 Å². The van der Waals surface area contributed by atoms with E-state index in [1.807, 2.05) is 0 Å². The lowest BCUT2D eigenvalue weighted by molar-refractivity contribution is -0.141. The van der Waals surface area contributed by atoms with Gasteiger partial charge in [-0.15, -0.1) is 12.4 Å². The van der Waals surface area contributed by atoms with Crippen LogP contribution in [-0.4, -0.2) is 25.7 Å². The van der Waals surface area contributed by atoms with Crippen LogP contribution in [0.3, 0.4) is 0 Å². The second-order valence-corrected chi connectivity index (χ2v) is 4.42. The lowest BCUT2D eigenvalue weighted by Crippen LogP contribution is -2.31. The molecule has 3 nitrogen and oxygen atoms in total. The first-order valence-corrected chi connectivity index (χ1v) is 5.04. The minimum Gasteiger partial charge on any atom is -0.469 e. The summed E-state index contributed by atoms with van der Waals surface area (Å²) in [5.41, 5.74) is 0.554. The summed E-state index contributed by atoms with van der Waals surface area (Å²) >= 11 is 0. The summed E-state index contributed by atoms with van der Waals surface area (Å²) in [5.74, 6) is -0.0890. The first-order valence-electron chi connectivity index (χ1n) is 5.04. The summed E-state index contributed by atoms with van der Waals surface area (Å²) in [4.78, 5) is 11.0. The van der Waals surface area contributed by atoms with Gasteiger partial charge in [-0.05, 0) is 24.7 Å². The Labute approximate surface area is 91.0 Å². The highest BCUT2D eigenvalue weighted by atomic mass is 35.5. The SMILES string of the molecule is COC(=O)CC1CC2(CCC2)CN1.Cl. The van der Waals surface area contributed by atoms with Crippen molar-refractivity contribution in [2.24, 2.45) is 5.41 Å². The molecule has 0 aromatic heterocycles. The Bertz CT molecular complexity index is 216. The molecule has 0 amide bonds. The van der Waals surface area contributed by atoms with Crippen molar-refractivity contribution in [1.29, 1.82) is 0 Å². The van der Waals surface area contributed by atoms with Crippen molar-refractivity contribution >= 4 is 18.4 Å². The fraction of sp³-hybridized carbons (Fsp3) is 0.900. The molecule has 0 aromatic carbocycles. The zero-order valence-electron chi connectivity index (χ0n) is 8.54. The van der Waals surface area contributed by atoms with Gasteiger partial charge in [-0.1, -0.05) is 6.42 Å². The van der Waals surface area contributed by atoms with Gasteiger partial charge in [0, 0.05) is 12.6 Å². The maximum atomic E-state index is 11.0. The summed E-state index contributed by atoms with van der Waals surface area (Å²) < 4.78 is 4.65. The van der Waals surface area contributed by atoms with Gasteiger partial charge < -0.3 is 10.1 Å². The van der Waals surface area contributed by atoms with Gasteiger partial charge in [-0.3, -0.25) is 4.79 Å². The maximum absolute atomic E-state index is 11.0. The van der Waals surface area contributed by atoms with Crippen molar-refractivity contribution < 1.29 is 9.53 Å².